The number of H-pyrrole nitrogens is 2. The Hall–Kier alpha value is -4.99. The first kappa shape index (κ1) is 19.0. The number of piperidine rings is 2. The molecule has 4 aromatic heterocycles. The smallest absolute Gasteiger partial charge is 0.387 e. The molecule has 15 nitrogen and oxygen atoms in total. The lowest BCUT2D eigenvalue weighted by molar-refractivity contribution is -0.140. The van der Waals surface area contributed by atoms with Crippen molar-refractivity contribution < 1.29 is 44.5 Å². The Morgan fingerprint density at radius 1 is 1.02 bits per heavy atom. The van der Waals surface area contributed by atoms with Gasteiger partial charge in [-0.2, -0.15) is 0 Å². The Balaban J connectivity index is 0.000000427. The molecule has 2 aliphatic rings. The number of fused-ring (bicyclic) bond motifs is 2. The number of nitrogens with one attached hydrogen (secondary N) is 3. The van der Waals surface area contributed by atoms with Crippen molar-refractivity contribution in [2.45, 2.75) is 52.9 Å². The van der Waals surface area contributed by atoms with Gasteiger partial charge in [-0.25, -0.2) is 37.9 Å². The molecule has 0 aliphatic carbocycles. The van der Waals surface area contributed by atoms with Crippen molar-refractivity contribution in [2.24, 2.45) is 11.8 Å². The molecular formula is C35H51ClN12O3. The Morgan fingerprint density at radius 2 is 1.61 bits per heavy atom. The summed E-state index contributed by atoms with van der Waals surface area (Å²) in [5, 5.41) is 2.33. The number of anilines is 2. The van der Waals surface area contributed by atoms with E-state index in [2.05, 4.69) is 62.0 Å². The molecule has 3 N–H and O–H groups in total. The predicted octanol–water partition coefficient (Wildman–Crippen LogP) is 4.47. The van der Waals surface area contributed by atoms with Gasteiger partial charge in [0.2, 0.25) is 0 Å². The SMILES string of the molecule is C.[2H]Cl.[2H]c1nc(N(C([2H])([2H])[2H])[C@@]2([2H])C([2H])([2H])N(C(=O)C[N+]#[C-])CC[C@@]2([2H])C([2H])([2H])[2H])c2cc[nH]c2n1.[2H]c1nc(N(C([2H])([2H])[2H])[C@@]2([2H])C([2H])([2H])NCC[C@@]2([2H])C([2H])([2H])[2H])c2cc[nH]c2n1.[C-]#[N+]CC(=O)OCC. The molecular weight excluding hydrogens is 672 g/mol. The molecule has 0 bridgehead atoms. The van der Waals surface area contributed by atoms with Crippen molar-refractivity contribution >= 4 is 57.9 Å². The number of esters is 1. The monoisotopic (exact) mass is 746 g/mol. The Bertz CT molecular complexity index is 2690. The highest BCUT2D eigenvalue weighted by Crippen LogP contribution is 2.29. The van der Waals surface area contributed by atoms with Crippen molar-refractivity contribution in [2.75, 3.05) is 69.5 Å². The molecule has 6 heterocycles. The highest BCUT2D eigenvalue weighted by molar-refractivity contribution is 5.88. The standard InChI is InChI=1S/C16H20N6O.C13H19N5.C5H7NO2.CH4.ClH/c1-11-5-7-22(14(23)8-17-2)9-13(11)21(3)16-12-4-6-18-15(12)19-10-20-16;1-9-3-5-14-7-11(9)18(2)13-10-4-6-15-12(10)16-8-17-13;1-3-8-5(7)4-6-2;;/h4,6,10-11,13H,5,7-9H2,1,3H3,(H,18,19,20);4,6,8-9,11,14H,3,5,7H2,1-2H3,(H,15,16,17);3-4H2,1H3;1H4;1H/t11-,13+;9-,11+;;;/m11.../s1/i1D3,3D3,9D2,10D,11D,13D;1D3,2D3,7D2,8D,9D,11D;;;/hD. The number of amides is 1. The van der Waals surface area contributed by atoms with Crippen LogP contribution in [0.3, 0.4) is 0 Å². The zero-order valence-electron chi connectivity index (χ0n) is 49.4. The lowest BCUT2D eigenvalue weighted by Crippen LogP contribution is -2.53. The van der Waals surface area contributed by atoms with Crippen LogP contribution in [0.5, 0.6) is 0 Å². The molecule has 6 rings (SSSR count). The lowest BCUT2D eigenvalue weighted by Gasteiger charge is -2.41. The summed E-state index contributed by atoms with van der Waals surface area (Å²) in [6.07, 6.45) is 0.106. The summed E-state index contributed by atoms with van der Waals surface area (Å²) < 4.78 is 191. The number of hydrogen-bond acceptors (Lipinski definition) is 10. The largest absolute Gasteiger partial charge is 0.460 e. The molecule has 16 heteroatoms. The number of nitrogens with zero attached hydrogens (tertiary/aromatic N) is 9. The fourth-order valence-corrected chi connectivity index (χ4v) is 4.29. The molecule has 51 heavy (non-hydrogen) atoms. The number of halogens is 1. The van der Waals surface area contributed by atoms with Crippen LogP contribution in [-0.4, -0.2) is 120 Å². The van der Waals surface area contributed by atoms with Crippen LogP contribution < -0.4 is 15.1 Å². The van der Waals surface area contributed by atoms with Crippen LogP contribution in [0.2, 0.25) is 0 Å². The molecule has 4 aromatic rings. The van der Waals surface area contributed by atoms with Crippen LogP contribution >= 0.6 is 12.3 Å². The first-order chi connectivity index (χ1) is 33.3. The highest BCUT2D eigenvalue weighted by Gasteiger charge is 2.33. The molecule has 0 aromatic carbocycles. The van der Waals surface area contributed by atoms with E-state index in [1.54, 1.807) is 6.92 Å². The molecule has 0 spiro atoms. The van der Waals surface area contributed by atoms with Crippen LogP contribution in [0.4, 0.5) is 11.6 Å². The third-order valence-electron chi connectivity index (χ3n) is 6.57. The van der Waals surface area contributed by atoms with Gasteiger partial charge < -0.3 is 44.4 Å². The number of likely N-dealkylation sites (N-methyl/N-ethyl adjacent to an activating group) is 2. The van der Waals surface area contributed by atoms with Crippen molar-refractivity contribution in [1.82, 2.24) is 40.1 Å². The Morgan fingerprint density at radius 3 is 2.16 bits per heavy atom. The molecule has 2 aliphatic heterocycles. The summed E-state index contributed by atoms with van der Waals surface area (Å²) in [4.78, 5) is 49.7. The fraction of sp³-hybridized carbons (Fsp3) is 0.543. The van der Waals surface area contributed by atoms with Crippen LogP contribution in [0.1, 0.15) is 71.1 Å². The fourth-order valence-electron chi connectivity index (χ4n) is 4.29. The number of carbonyl (C=O) groups excluding carboxylic acids is 2. The van der Waals surface area contributed by atoms with Crippen molar-refractivity contribution in [3.8, 4) is 0 Å². The van der Waals surface area contributed by atoms with Crippen molar-refractivity contribution in [3.63, 3.8) is 0 Å². The average molecular weight is 746 g/mol. The van der Waals surface area contributed by atoms with E-state index >= 15 is 0 Å². The number of carbonyl (C=O) groups is 2. The average Bonchev–Trinajstić information content (AvgIpc) is 3.92. The maximum atomic E-state index is 12.6. The van der Waals surface area contributed by atoms with Gasteiger partial charge in [-0.15, -0.1) is 12.3 Å². The second-order valence-corrected chi connectivity index (χ2v) is 9.75. The van der Waals surface area contributed by atoms with Gasteiger partial charge >= 0.3 is 18.4 Å². The molecule has 276 valence electrons. The maximum absolute atomic E-state index is 12.6. The summed E-state index contributed by atoms with van der Waals surface area (Å²) in [6, 6.07) is -4.00. The van der Waals surface area contributed by atoms with Crippen LogP contribution in [0, 0.1) is 24.9 Å². The van der Waals surface area contributed by atoms with Crippen LogP contribution in [0.15, 0.2) is 37.1 Å². The van der Waals surface area contributed by atoms with Gasteiger partial charge in [-0.05, 0) is 50.2 Å². The number of aromatic nitrogens is 6. The number of aromatic amines is 2. The number of rotatable bonds is 7. The van der Waals surface area contributed by atoms with Crippen molar-refractivity contribution in [3.05, 3.63) is 60.0 Å². The van der Waals surface area contributed by atoms with Crippen molar-refractivity contribution in [1.29, 1.82) is 1.17 Å². The normalized spacial score (nSPS) is 34.5. The zero-order chi connectivity index (χ0) is 56.4. The molecule has 0 saturated carbocycles. The highest BCUT2D eigenvalue weighted by atomic mass is 35.5. The second kappa shape index (κ2) is 20.6. The van der Waals surface area contributed by atoms with Gasteiger partial charge in [0.05, 0.1) is 28.9 Å². The Labute approximate surface area is 338 Å². The van der Waals surface area contributed by atoms with Gasteiger partial charge in [0.15, 0.2) is 0 Å². The second-order valence-electron chi connectivity index (χ2n) is 9.75. The predicted molar refractivity (Wildman–Crippen MR) is 203 cm³/mol. The van der Waals surface area contributed by atoms with E-state index in [0.29, 0.717) is 11.5 Å². The van der Waals surface area contributed by atoms with E-state index < -0.39 is 127 Å². The number of ether oxygens (including phenoxy) is 1. The molecule has 0 unspecified atom stereocenters. The first-order valence-electron chi connectivity index (χ1n) is 25.8. The molecule has 2 fully saturated rings. The Kier molecular flexibility index (Phi) is 7.69. The maximum Gasteiger partial charge on any atom is 0.387 e. The van der Waals surface area contributed by atoms with Gasteiger partial charge in [-0.3, -0.25) is 4.79 Å². The van der Waals surface area contributed by atoms with E-state index in [0.717, 1.165) is 0 Å². The quantitative estimate of drug-likeness (QED) is 0.182. The van der Waals surface area contributed by atoms with E-state index in [9.17, 15) is 11.0 Å². The lowest BCUT2D eigenvalue weighted by atomic mass is 9.92. The minimum absolute atomic E-state index is 0. The minimum atomic E-state index is -3.50. The van der Waals surface area contributed by atoms with Gasteiger partial charge in [0.25, 0.3) is 6.54 Å². The number of hydrogen-bond donors (Lipinski definition) is 3. The topological polar surface area (TPSA) is 157 Å². The molecule has 4 atom stereocenters. The van der Waals surface area contributed by atoms with E-state index in [-0.39, 0.29) is 52.4 Å². The summed E-state index contributed by atoms with van der Waals surface area (Å²) in [5.41, 5.74) is 0.0290. The van der Waals surface area contributed by atoms with Gasteiger partial charge in [0.1, 0.15) is 39.5 Å². The third kappa shape index (κ3) is 10.7. The number of likely N-dealkylation sites (tertiary alicyclic amines) is 1. The van der Waals surface area contributed by atoms with E-state index in [1.807, 2.05) is 0 Å². The summed E-state index contributed by atoms with van der Waals surface area (Å²) in [6.45, 7) is -6.26. The summed E-state index contributed by atoms with van der Waals surface area (Å²) in [7, 11) is 0. The van der Waals surface area contributed by atoms with E-state index in [4.69, 9.17) is 43.1 Å². The molecule has 2 saturated heterocycles. The summed E-state index contributed by atoms with van der Waals surface area (Å²) >= 11 is 3.89. The van der Waals surface area contributed by atoms with Crippen LogP contribution in [-0.2, 0) is 14.3 Å². The summed E-state index contributed by atoms with van der Waals surface area (Å²) in [5.74, 6) is -8.64. The first-order valence-corrected chi connectivity index (χ1v) is 14.4. The molecule has 0 radical (unpaired) electrons. The van der Waals surface area contributed by atoms with Crippen LogP contribution in [0.25, 0.3) is 31.8 Å². The van der Waals surface area contributed by atoms with Gasteiger partial charge in [-0.1, -0.05) is 21.1 Å². The molecule has 1 amide bonds. The zero-order valence-corrected chi connectivity index (χ0v) is 27.1. The van der Waals surface area contributed by atoms with Gasteiger partial charge in [0, 0.05) is 73.8 Å². The third-order valence-corrected chi connectivity index (χ3v) is 6.57. The minimum Gasteiger partial charge on any atom is -0.460 e. The van der Waals surface area contributed by atoms with E-state index in [1.165, 1.54) is 24.5 Å².